The van der Waals surface area contributed by atoms with Gasteiger partial charge >= 0.3 is 0 Å². The van der Waals surface area contributed by atoms with Crippen molar-refractivity contribution in [3.63, 3.8) is 0 Å². The molecule has 0 amide bonds. The average molecular weight is 248 g/mol. The van der Waals surface area contributed by atoms with Gasteiger partial charge in [0.1, 0.15) is 0 Å². The number of nitrogens with zero attached hydrogens (tertiary/aromatic N) is 1. The molecule has 18 heavy (non-hydrogen) atoms. The first kappa shape index (κ1) is 13.1. The molecule has 2 heterocycles. The number of rotatable bonds is 1. The van der Waals surface area contributed by atoms with Crippen molar-refractivity contribution in [1.82, 2.24) is 9.88 Å². The van der Waals surface area contributed by atoms with E-state index in [0.717, 1.165) is 17.6 Å². The highest BCUT2D eigenvalue weighted by molar-refractivity contribution is 5.83. The van der Waals surface area contributed by atoms with Crippen molar-refractivity contribution in [2.45, 2.75) is 19.8 Å². The van der Waals surface area contributed by atoms with Crippen LogP contribution in [0, 0.1) is 0 Å². The third-order valence-corrected chi connectivity index (χ3v) is 3.24. The van der Waals surface area contributed by atoms with Crippen LogP contribution in [0.4, 0.5) is 0 Å². The molecule has 2 aromatic rings. The van der Waals surface area contributed by atoms with Gasteiger partial charge in [0.2, 0.25) is 0 Å². The molecule has 2 atom stereocenters. The van der Waals surface area contributed by atoms with Crippen LogP contribution in [-0.2, 0) is 4.74 Å². The first-order valence-electron chi connectivity index (χ1n) is 5.82. The van der Waals surface area contributed by atoms with E-state index in [1.54, 1.807) is 0 Å². The molecule has 4 nitrogen and oxygen atoms in total. The number of aliphatic hydroxyl groups excluding tert-OH is 1. The Hall–Kier alpha value is -1.36. The fourth-order valence-corrected chi connectivity index (χ4v) is 2.46. The second kappa shape index (κ2) is 5.10. The number of nitrogens with one attached hydrogen (secondary N) is 1. The van der Waals surface area contributed by atoms with Crippen molar-refractivity contribution >= 4 is 10.9 Å². The van der Waals surface area contributed by atoms with Gasteiger partial charge in [0.25, 0.3) is 0 Å². The van der Waals surface area contributed by atoms with Gasteiger partial charge in [0.05, 0.1) is 6.10 Å². The number of aliphatic hydroxyl groups is 1. The van der Waals surface area contributed by atoms with Crippen LogP contribution in [0.2, 0.25) is 0 Å². The lowest BCUT2D eigenvalue weighted by Crippen LogP contribution is -2.41. The lowest BCUT2D eigenvalue weighted by molar-refractivity contribution is -0.181. The Labute approximate surface area is 107 Å². The Bertz CT molecular complexity index is 513. The smallest absolute Gasteiger partial charge is 0.168 e. The molecule has 0 saturated carbocycles. The van der Waals surface area contributed by atoms with Crippen molar-refractivity contribution in [2.24, 2.45) is 0 Å². The summed E-state index contributed by atoms with van der Waals surface area (Å²) < 4.78 is 5.62. The predicted molar refractivity (Wildman–Crippen MR) is 72.4 cm³/mol. The number of morpholine rings is 1. The van der Waals surface area contributed by atoms with Crippen LogP contribution in [-0.4, -0.2) is 41.4 Å². The molecule has 1 aromatic heterocycles. The number of likely N-dealkylation sites (N-methyl/N-ethyl adjacent to an activating group) is 1. The number of H-pyrrole nitrogens is 1. The third kappa shape index (κ3) is 2.27. The number of hydrogen-bond acceptors (Lipinski definition) is 3. The van der Waals surface area contributed by atoms with Crippen LogP contribution in [0.15, 0.2) is 30.5 Å². The number of aromatic amines is 1. The highest BCUT2D eigenvalue weighted by Crippen LogP contribution is 2.29. The molecular weight excluding hydrogens is 228 g/mol. The Balaban J connectivity index is 0.00000120. The lowest BCUT2D eigenvalue weighted by atomic mass is 10.0. The van der Waals surface area contributed by atoms with Gasteiger partial charge in [-0.2, -0.15) is 0 Å². The summed E-state index contributed by atoms with van der Waals surface area (Å²) in [6.07, 6.45) is 1.16. The normalized spacial score (nSPS) is 25.0. The molecule has 1 aliphatic rings. The van der Waals surface area contributed by atoms with Gasteiger partial charge in [0, 0.05) is 30.2 Å². The van der Waals surface area contributed by atoms with E-state index in [2.05, 4.69) is 22.0 Å². The van der Waals surface area contributed by atoms with Gasteiger partial charge in [0.15, 0.2) is 6.29 Å². The highest BCUT2D eigenvalue weighted by atomic mass is 16.6. The topological polar surface area (TPSA) is 48.5 Å². The van der Waals surface area contributed by atoms with Gasteiger partial charge in [-0.25, -0.2) is 0 Å². The molecule has 0 radical (unpaired) electrons. The summed E-state index contributed by atoms with van der Waals surface area (Å²) >= 11 is 0. The summed E-state index contributed by atoms with van der Waals surface area (Å²) in [4.78, 5) is 5.28. The van der Waals surface area contributed by atoms with Crippen molar-refractivity contribution in [3.8, 4) is 0 Å². The first-order chi connectivity index (χ1) is 8.24. The third-order valence-electron chi connectivity index (χ3n) is 3.24. The number of ether oxygens (including phenoxy) is 1. The first-order valence-corrected chi connectivity index (χ1v) is 5.82. The number of β-amino-alcohol motifs (C(OH)–C–C–N with tert-alkyl or cyclic N) is 1. The number of fused-ring (bicyclic) bond motifs is 1. The average Bonchev–Trinajstić information content (AvgIpc) is 2.75. The molecular formula is C14H20N2O2. The molecule has 2 N–H and O–H groups in total. The Morgan fingerprint density at radius 3 is 2.94 bits per heavy atom. The van der Waals surface area contributed by atoms with Crippen molar-refractivity contribution in [2.75, 3.05) is 20.1 Å². The van der Waals surface area contributed by atoms with Crippen molar-refractivity contribution in [3.05, 3.63) is 36.0 Å². The van der Waals surface area contributed by atoms with Crippen molar-refractivity contribution in [1.29, 1.82) is 0 Å². The van der Waals surface area contributed by atoms with Crippen molar-refractivity contribution < 1.29 is 9.84 Å². The van der Waals surface area contributed by atoms with Gasteiger partial charge < -0.3 is 14.8 Å². The number of aromatic nitrogens is 1. The van der Waals surface area contributed by atoms with E-state index in [1.807, 2.05) is 25.4 Å². The Kier molecular flexibility index (Phi) is 3.71. The zero-order valence-electron chi connectivity index (χ0n) is 9.76. The van der Waals surface area contributed by atoms with E-state index in [9.17, 15) is 5.11 Å². The predicted octanol–water partition coefficient (Wildman–Crippen LogP) is 2.13. The van der Waals surface area contributed by atoms with Crippen LogP contribution in [0.5, 0.6) is 0 Å². The Morgan fingerprint density at radius 1 is 1.33 bits per heavy atom. The van der Waals surface area contributed by atoms with E-state index in [0.29, 0.717) is 6.54 Å². The second-order valence-electron chi connectivity index (χ2n) is 4.59. The highest BCUT2D eigenvalue weighted by Gasteiger charge is 2.26. The molecule has 4 heteroatoms. The van der Waals surface area contributed by atoms with Gasteiger partial charge in [-0.05, 0) is 24.7 Å². The molecule has 98 valence electrons. The van der Waals surface area contributed by atoms with E-state index in [1.165, 1.54) is 5.39 Å². The van der Waals surface area contributed by atoms with E-state index in [-0.39, 0.29) is 13.5 Å². The van der Waals surface area contributed by atoms with Crippen LogP contribution < -0.4 is 0 Å². The summed E-state index contributed by atoms with van der Waals surface area (Å²) in [6.45, 7) is 1.38. The SMILES string of the molecule is C.CN1CC(O)OC(c2cccc3[nH]ccc23)C1. The lowest BCUT2D eigenvalue weighted by Gasteiger charge is -2.33. The second-order valence-corrected chi connectivity index (χ2v) is 4.59. The molecule has 0 bridgehead atoms. The molecule has 1 saturated heterocycles. The van der Waals surface area contributed by atoms with Gasteiger partial charge in [-0.1, -0.05) is 19.6 Å². The monoisotopic (exact) mass is 248 g/mol. The maximum Gasteiger partial charge on any atom is 0.168 e. The summed E-state index contributed by atoms with van der Waals surface area (Å²) in [7, 11) is 2.00. The maximum absolute atomic E-state index is 9.66. The standard InChI is InChI=1S/C13H16N2O2.CH4/c1-15-7-12(17-13(16)8-15)10-3-2-4-11-9(10)5-6-14-11;/h2-6,12-14,16H,7-8H2,1H3;1H4. The quantitative estimate of drug-likeness (QED) is 0.812. The summed E-state index contributed by atoms with van der Waals surface area (Å²) in [5.41, 5.74) is 2.24. The van der Waals surface area contributed by atoms with Crippen LogP contribution in [0.25, 0.3) is 10.9 Å². The minimum absolute atomic E-state index is 0. The van der Waals surface area contributed by atoms with E-state index < -0.39 is 6.29 Å². The summed E-state index contributed by atoms with van der Waals surface area (Å²) in [6, 6.07) is 8.17. The molecule has 2 unspecified atom stereocenters. The Morgan fingerprint density at radius 2 is 2.17 bits per heavy atom. The summed E-state index contributed by atoms with van der Waals surface area (Å²) in [5, 5.41) is 10.8. The van der Waals surface area contributed by atoms with E-state index in [4.69, 9.17) is 4.74 Å². The zero-order chi connectivity index (χ0) is 11.8. The zero-order valence-corrected chi connectivity index (χ0v) is 9.76. The maximum atomic E-state index is 9.66. The molecule has 1 aliphatic heterocycles. The fraction of sp³-hybridized carbons (Fsp3) is 0.429. The number of benzene rings is 1. The van der Waals surface area contributed by atoms with Gasteiger partial charge in [-0.15, -0.1) is 0 Å². The number of hydrogen-bond donors (Lipinski definition) is 2. The minimum atomic E-state index is -0.701. The largest absolute Gasteiger partial charge is 0.367 e. The van der Waals surface area contributed by atoms with E-state index >= 15 is 0 Å². The van der Waals surface area contributed by atoms with Crippen LogP contribution in [0.3, 0.4) is 0 Å². The minimum Gasteiger partial charge on any atom is -0.367 e. The van der Waals surface area contributed by atoms with Crippen LogP contribution >= 0.6 is 0 Å². The molecule has 1 aromatic carbocycles. The van der Waals surface area contributed by atoms with Gasteiger partial charge in [-0.3, -0.25) is 4.90 Å². The fourth-order valence-electron chi connectivity index (χ4n) is 2.46. The molecule has 0 aliphatic carbocycles. The molecule has 3 rings (SSSR count). The molecule has 1 fully saturated rings. The van der Waals surface area contributed by atoms with Crippen LogP contribution in [0.1, 0.15) is 19.1 Å². The summed E-state index contributed by atoms with van der Waals surface area (Å²) in [5.74, 6) is 0. The molecule has 0 spiro atoms.